The average Bonchev–Trinajstić information content (AvgIpc) is 3.50. The van der Waals surface area contributed by atoms with E-state index in [1.54, 1.807) is 11.0 Å². The summed E-state index contributed by atoms with van der Waals surface area (Å²) < 4.78 is 13.5. The molecule has 8 nitrogen and oxygen atoms in total. The van der Waals surface area contributed by atoms with Gasteiger partial charge in [-0.2, -0.15) is 0 Å². The maximum Gasteiger partial charge on any atom is 0.329 e. The van der Waals surface area contributed by atoms with Gasteiger partial charge in [0.25, 0.3) is 0 Å². The monoisotopic (exact) mass is 459 g/mol. The number of amides is 2. The second kappa shape index (κ2) is 7.95. The molecule has 2 amide bonds. The number of hydrogen-bond donors (Lipinski definition) is 2. The number of likely N-dealkylation sites (tertiary alicyclic amines) is 1. The molecule has 1 fully saturated rings. The molecule has 0 aliphatic carbocycles. The van der Waals surface area contributed by atoms with Crippen LogP contribution in [0.3, 0.4) is 0 Å². The van der Waals surface area contributed by atoms with E-state index in [4.69, 9.17) is 9.98 Å². The van der Waals surface area contributed by atoms with Crippen molar-refractivity contribution in [2.75, 3.05) is 24.7 Å². The summed E-state index contributed by atoms with van der Waals surface area (Å²) in [6.07, 6.45) is 1.87. The Kier molecular flexibility index (Phi) is 4.88. The second-order valence-electron chi connectivity index (χ2n) is 9.36. The lowest BCUT2D eigenvalue weighted by atomic mass is 9.96. The van der Waals surface area contributed by atoms with Crippen LogP contribution in [0.25, 0.3) is 11.0 Å². The molecule has 174 valence electrons. The minimum Gasteiger partial charge on any atom is -0.341 e. The highest BCUT2D eigenvalue weighted by atomic mass is 19.1. The summed E-state index contributed by atoms with van der Waals surface area (Å²) in [5.74, 6) is 2.46. The van der Waals surface area contributed by atoms with Gasteiger partial charge in [0.2, 0.25) is 0 Å². The van der Waals surface area contributed by atoms with Crippen LogP contribution in [0.15, 0.2) is 59.5 Å². The summed E-state index contributed by atoms with van der Waals surface area (Å²) in [6, 6.07) is 12.5. The van der Waals surface area contributed by atoms with Gasteiger partial charge in [0.1, 0.15) is 24.1 Å². The number of imidazole rings is 1. The molecule has 3 aliphatic rings. The molecule has 9 heteroatoms. The number of nitrogens with zero attached hydrogens (tertiary/aromatic N) is 5. The Hall–Kier alpha value is -3.72. The molecule has 3 aliphatic heterocycles. The van der Waals surface area contributed by atoms with E-state index in [9.17, 15) is 9.18 Å². The fourth-order valence-corrected chi connectivity index (χ4v) is 5.17. The molecular formula is C25H26FN7O. The first-order chi connectivity index (χ1) is 16.4. The number of benzene rings is 2. The van der Waals surface area contributed by atoms with Crippen molar-refractivity contribution in [1.82, 2.24) is 25.1 Å². The SMILES string of the molecule is Cc1cc(F)ccc1N1C=C2N=C(C3CN(Cc4nc5ccccc5[nH]4)CC3C)NC(=O)N2C1. The standard InChI is InChI=1S/C25H26FN7O/c1-15-9-17(26)7-8-21(15)32-13-23-29-24(30-25(34)33(23)14-32)18-11-31(10-16(18)2)12-22-27-19-5-3-4-6-20(19)28-22/h3-9,13,16,18H,10-12,14H2,1-2H3,(H,27,28)(H,29,30,34). The van der Waals surface area contributed by atoms with Crippen molar-refractivity contribution < 1.29 is 9.18 Å². The molecule has 1 aromatic heterocycles. The zero-order valence-corrected chi connectivity index (χ0v) is 19.1. The topological polar surface area (TPSA) is 79.9 Å². The predicted octanol–water partition coefficient (Wildman–Crippen LogP) is 3.78. The number of aryl methyl sites for hydroxylation is 1. The van der Waals surface area contributed by atoms with Crippen LogP contribution in [0.1, 0.15) is 18.3 Å². The largest absolute Gasteiger partial charge is 0.341 e. The van der Waals surface area contributed by atoms with E-state index >= 15 is 0 Å². The summed E-state index contributed by atoms with van der Waals surface area (Å²) in [6.45, 7) is 6.83. The zero-order chi connectivity index (χ0) is 23.4. The Morgan fingerprint density at radius 1 is 1.18 bits per heavy atom. The van der Waals surface area contributed by atoms with Crippen molar-refractivity contribution in [1.29, 1.82) is 0 Å². The smallest absolute Gasteiger partial charge is 0.329 e. The Morgan fingerprint density at radius 2 is 2.03 bits per heavy atom. The number of aromatic amines is 1. The summed E-state index contributed by atoms with van der Waals surface area (Å²) >= 11 is 0. The van der Waals surface area contributed by atoms with Gasteiger partial charge in [0, 0.05) is 30.9 Å². The summed E-state index contributed by atoms with van der Waals surface area (Å²) in [5, 5.41) is 3.02. The Bertz CT molecular complexity index is 1310. The summed E-state index contributed by atoms with van der Waals surface area (Å²) in [5.41, 5.74) is 3.69. The first kappa shape index (κ1) is 20.9. The molecule has 0 bridgehead atoms. The van der Waals surface area contributed by atoms with Crippen LogP contribution in [-0.4, -0.2) is 51.4 Å². The molecule has 2 aromatic carbocycles. The van der Waals surface area contributed by atoms with Gasteiger partial charge in [-0.05, 0) is 48.7 Å². The molecule has 34 heavy (non-hydrogen) atoms. The van der Waals surface area contributed by atoms with Crippen LogP contribution in [0.5, 0.6) is 0 Å². The molecule has 0 saturated carbocycles. The number of amidine groups is 1. The van der Waals surface area contributed by atoms with Crippen LogP contribution in [0.4, 0.5) is 14.9 Å². The maximum atomic E-state index is 13.5. The molecule has 2 unspecified atom stereocenters. The van der Waals surface area contributed by atoms with Crippen LogP contribution >= 0.6 is 0 Å². The molecule has 1 saturated heterocycles. The lowest BCUT2D eigenvalue weighted by Crippen LogP contribution is -2.49. The number of aromatic nitrogens is 2. The fraction of sp³-hybridized carbons (Fsp3) is 0.320. The third-order valence-corrected chi connectivity index (χ3v) is 6.88. The third kappa shape index (κ3) is 3.62. The summed E-state index contributed by atoms with van der Waals surface area (Å²) in [7, 11) is 0. The quantitative estimate of drug-likeness (QED) is 0.622. The molecule has 3 aromatic rings. The molecule has 2 N–H and O–H groups in total. The van der Waals surface area contributed by atoms with E-state index in [1.165, 1.54) is 12.1 Å². The molecule has 2 atom stereocenters. The normalized spacial score (nSPS) is 22.7. The van der Waals surface area contributed by atoms with Gasteiger partial charge < -0.3 is 9.88 Å². The highest BCUT2D eigenvalue weighted by Crippen LogP contribution is 2.32. The number of rotatable bonds is 4. The van der Waals surface area contributed by atoms with Crippen molar-refractivity contribution >= 4 is 28.6 Å². The molecule has 0 spiro atoms. The van der Waals surface area contributed by atoms with Crippen molar-refractivity contribution in [2.45, 2.75) is 20.4 Å². The molecule has 6 rings (SSSR count). The number of carbonyl (C=O) groups excluding carboxylic acids is 1. The average molecular weight is 460 g/mol. The minimum atomic E-state index is -0.272. The molecule has 4 heterocycles. The molecular weight excluding hydrogens is 433 g/mol. The first-order valence-corrected chi connectivity index (χ1v) is 11.5. The number of para-hydroxylation sites is 2. The van der Waals surface area contributed by atoms with Crippen LogP contribution in [-0.2, 0) is 6.54 Å². The van der Waals surface area contributed by atoms with Gasteiger partial charge in [-0.3, -0.25) is 15.1 Å². The highest BCUT2D eigenvalue weighted by molar-refractivity contribution is 6.02. The van der Waals surface area contributed by atoms with E-state index in [2.05, 4.69) is 22.1 Å². The number of fused-ring (bicyclic) bond motifs is 2. The lowest BCUT2D eigenvalue weighted by Gasteiger charge is -2.28. The fourth-order valence-electron chi connectivity index (χ4n) is 5.17. The van der Waals surface area contributed by atoms with Crippen molar-refractivity contribution in [3.8, 4) is 0 Å². The van der Waals surface area contributed by atoms with E-state index in [0.29, 0.717) is 24.2 Å². The number of nitrogens with one attached hydrogen (secondary N) is 2. The van der Waals surface area contributed by atoms with Gasteiger partial charge in [-0.25, -0.2) is 19.2 Å². The number of carbonyl (C=O) groups is 1. The predicted molar refractivity (Wildman–Crippen MR) is 128 cm³/mol. The van der Waals surface area contributed by atoms with E-state index in [-0.39, 0.29) is 17.8 Å². The Balaban J connectivity index is 1.21. The van der Waals surface area contributed by atoms with Gasteiger partial charge in [0.15, 0.2) is 5.82 Å². The Morgan fingerprint density at radius 3 is 2.85 bits per heavy atom. The van der Waals surface area contributed by atoms with Crippen molar-refractivity contribution in [3.05, 3.63) is 71.7 Å². The van der Waals surface area contributed by atoms with E-state index in [0.717, 1.165) is 47.7 Å². The number of urea groups is 1. The van der Waals surface area contributed by atoms with Crippen molar-refractivity contribution in [3.63, 3.8) is 0 Å². The van der Waals surface area contributed by atoms with E-state index in [1.807, 2.05) is 42.3 Å². The third-order valence-electron chi connectivity index (χ3n) is 6.88. The van der Waals surface area contributed by atoms with Gasteiger partial charge in [-0.1, -0.05) is 19.1 Å². The second-order valence-corrected chi connectivity index (χ2v) is 9.36. The van der Waals surface area contributed by atoms with Gasteiger partial charge in [0.05, 0.1) is 17.6 Å². The van der Waals surface area contributed by atoms with Gasteiger partial charge >= 0.3 is 6.03 Å². The number of anilines is 1. The number of hydrogen-bond acceptors (Lipinski definition) is 5. The van der Waals surface area contributed by atoms with Gasteiger partial charge in [-0.15, -0.1) is 0 Å². The van der Waals surface area contributed by atoms with E-state index < -0.39 is 0 Å². The van der Waals surface area contributed by atoms with Crippen LogP contribution < -0.4 is 10.2 Å². The van der Waals surface area contributed by atoms with Crippen molar-refractivity contribution in [2.24, 2.45) is 16.8 Å². The number of H-pyrrole nitrogens is 1. The Labute approximate surface area is 196 Å². The first-order valence-electron chi connectivity index (χ1n) is 11.5. The van der Waals surface area contributed by atoms with Crippen LogP contribution in [0, 0.1) is 24.6 Å². The molecule has 0 radical (unpaired) electrons. The number of halogens is 1. The lowest BCUT2D eigenvalue weighted by molar-refractivity contribution is 0.216. The zero-order valence-electron chi connectivity index (χ0n) is 19.1. The highest BCUT2D eigenvalue weighted by Gasteiger charge is 2.39. The summed E-state index contributed by atoms with van der Waals surface area (Å²) in [4.78, 5) is 31.7. The maximum absolute atomic E-state index is 13.5. The number of aliphatic imine (C=N–C) groups is 1. The van der Waals surface area contributed by atoms with Crippen LogP contribution in [0.2, 0.25) is 0 Å². The minimum absolute atomic E-state index is 0.123.